The molecule has 1 saturated heterocycles. The third-order valence-corrected chi connectivity index (χ3v) is 5.44. The fourth-order valence-corrected chi connectivity index (χ4v) is 3.90. The van der Waals surface area contributed by atoms with Crippen molar-refractivity contribution in [1.29, 1.82) is 5.26 Å². The van der Waals surface area contributed by atoms with Crippen LogP contribution in [0.1, 0.15) is 43.9 Å². The number of piperazine rings is 1. The molecule has 2 aromatic rings. The number of nitrogens with one attached hydrogen (secondary N) is 1. The Labute approximate surface area is 159 Å². The molecule has 1 N–H and O–H groups in total. The number of fused-ring (bicyclic) bond motifs is 1. The van der Waals surface area contributed by atoms with Gasteiger partial charge in [0.1, 0.15) is 6.42 Å². The molecule has 1 aromatic carbocycles. The Bertz CT molecular complexity index is 920. The van der Waals surface area contributed by atoms with Gasteiger partial charge in [-0.3, -0.25) is 14.5 Å². The number of rotatable bonds is 5. The van der Waals surface area contributed by atoms with E-state index >= 15 is 0 Å². The standard InChI is InChI=1S/C21H26N4O2/c1-3-15-13-16-5-6-17(14-18(16)23-21(15)27)19(4-2)24-9-11-25(12-10-24)20(26)7-8-22/h5-6,13-14,19H,3-4,7,9-12H2,1-2H3,(H,23,27). The molecule has 1 atom stereocenters. The van der Waals surface area contributed by atoms with Crippen LogP contribution in [0.5, 0.6) is 0 Å². The van der Waals surface area contributed by atoms with Crippen LogP contribution in [0.4, 0.5) is 0 Å². The van der Waals surface area contributed by atoms with E-state index in [0.29, 0.717) is 13.1 Å². The molecule has 0 spiro atoms. The number of nitrogens with zero attached hydrogens (tertiary/aromatic N) is 3. The Morgan fingerprint density at radius 2 is 1.96 bits per heavy atom. The molecule has 2 heterocycles. The largest absolute Gasteiger partial charge is 0.339 e. The van der Waals surface area contributed by atoms with Crippen LogP contribution < -0.4 is 5.56 Å². The average Bonchev–Trinajstić information content (AvgIpc) is 2.68. The van der Waals surface area contributed by atoms with E-state index in [1.165, 1.54) is 5.56 Å². The third kappa shape index (κ3) is 4.04. The Morgan fingerprint density at radius 1 is 1.22 bits per heavy atom. The highest BCUT2D eigenvalue weighted by molar-refractivity contribution is 5.80. The number of carbonyl (C=O) groups excluding carboxylic acids is 1. The van der Waals surface area contributed by atoms with E-state index in [0.717, 1.165) is 42.4 Å². The first-order valence-electron chi connectivity index (χ1n) is 9.62. The zero-order valence-electron chi connectivity index (χ0n) is 16.0. The summed E-state index contributed by atoms with van der Waals surface area (Å²) < 4.78 is 0. The lowest BCUT2D eigenvalue weighted by Gasteiger charge is -2.39. The maximum absolute atomic E-state index is 12.1. The molecular formula is C21H26N4O2. The van der Waals surface area contributed by atoms with Gasteiger partial charge in [0.05, 0.1) is 6.07 Å². The van der Waals surface area contributed by atoms with Crippen LogP contribution in [0.25, 0.3) is 10.9 Å². The van der Waals surface area contributed by atoms with Gasteiger partial charge in [0.2, 0.25) is 5.91 Å². The molecule has 0 radical (unpaired) electrons. The topological polar surface area (TPSA) is 80.2 Å². The first kappa shape index (κ1) is 19.1. The second-order valence-electron chi connectivity index (χ2n) is 7.00. The Balaban J connectivity index is 1.79. The van der Waals surface area contributed by atoms with Gasteiger partial charge in [-0.25, -0.2) is 0 Å². The minimum atomic E-state index is -0.0831. The van der Waals surface area contributed by atoms with Crippen LogP contribution in [0, 0.1) is 11.3 Å². The molecule has 0 saturated carbocycles. The fourth-order valence-electron chi connectivity index (χ4n) is 3.90. The molecule has 0 bridgehead atoms. The summed E-state index contributed by atoms with van der Waals surface area (Å²) in [4.78, 5) is 31.2. The zero-order chi connectivity index (χ0) is 19.4. The van der Waals surface area contributed by atoms with Crippen molar-refractivity contribution >= 4 is 16.8 Å². The van der Waals surface area contributed by atoms with Crippen molar-refractivity contribution in [1.82, 2.24) is 14.8 Å². The number of H-pyrrole nitrogens is 1. The third-order valence-electron chi connectivity index (χ3n) is 5.44. The summed E-state index contributed by atoms with van der Waals surface area (Å²) in [6.07, 6.45) is 1.63. The number of benzene rings is 1. The molecular weight excluding hydrogens is 340 g/mol. The maximum Gasteiger partial charge on any atom is 0.251 e. The molecule has 142 valence electrons. The molecule has 6 nitrogen and oxygen atoms in total. The van der Waals surface area contributed by atoms with Crippen molar-refractivity contribution in [3.63, 3.8) is 0 Å². The number of hydrogen-bond acceptors (Lipinski definition) is 4. The van der Waals surface area contributed by atoms with Crippen LogP contribution in [0.15, 0.2) is 29.1 Å². The number of aromatic nitrogens is 1. The summed E-state index contributed by atoms with van der Waals surface area (Å²) in [5.41, 5.74) is 2.85. The predicted octanol–water partition coefficient (Wildman–Crippen LogP) is 2.60. The molecule has 27 heavy (non-hydrogen) atoms. The van der Waals surface area contributed by atoms with Gasteiger partial charge in [-0.1, -0.05) is 26.0 Å². The summed E-state index contributed by atoms with van der Waals surface area (Å²) in [7, 11) is 0. The number of carbonyl (C=O) groups is 1. The first-order valence-corrected chi connectivity index (χ1v) is 9.62. The van der Waals surface area contributed by atoms with E-state index in [1.54, 1.807) is 4.90 Å². The van der Waals surface area contributed by atoms with Crippen molar-refractivity contribution in [2.75, 3.05) is 26.2 Å². The summed E-state index contributed by atoms with van der Waals surface area (Å²) in [6.45, 7) is 7.03. The van der Waals surface area contributed by atoms with E-state index in [9.17, 15) is 9.59 Å². The molecule has 0 aliphatic carbocycles. The lowest BCUT2D eigenvalue weighted by atomic mass is 9.99. The monoisotopic (exact) mass is 366 g/mol. The van der Waals surface area contributed by atoms with Gasteiger partial charge in [-0.05, 0) is 35.9 Å². The van der Waals surface area contributed by atoms with Crippen molar-refractivity contribution < 1.29 is 4.79 Å². The summed E-state index contributed by atoms with van der Waals surface area (Å²) in [5, 5.41) is 9.75. The van der Waals surface area contributed by atoms with E-state index in [2.05, 4.69) is 35.0 Å². The normalized spacial score (nSPS) is 16.3. The van der Waals surface area contributed by atoms with Gasteiger partial charge in [0, 0.05) is 43.3 Å². The highest BCUT2D eigenvalue weighted by atomic mass is 16.2. The Morgan fingerprint density at radius 3 is 2.59 bits per heavy atom. The van der Waals surface area contributed by atoms with Crippen molar-refractivity contribution in [3.8, 4) is 6.07 Å². The zero-order valence-corrected chi connectivity index (χ0v) is 16.0. The number of pyridine rings is 1. The van der Waals surface area contributed by atoms with Gasteiger partial charge < -0.3 is 9.88 Å². The number of amides is 1. The van der Waals surface area contributed by atoms with Crippen molar-refractivity contribution in [3.05, 3.63) is 45.7 Å². The van der Waals surface area contributed by atoms with Crippen LogP contribution in [-0.2, 0) is 11.2 Å². The Kier molecular flexibility index (Phi) is 5.92. The van der Waals surface area contributed by atoms with Gasteiger partial charge in [-0.2, -0.15) is 5.26 Å². The lowest BCUT2D eigenvalue weighted by molar-refractivity contribution is -0.132. The van der Waals surface area contributed by atoms with E-state index in [-0.39, 0.29) is 23.9 Å². The van der Waals surface area contributed by atoms with Crippen LogP contribution in [0.2, 0.25) is 0 Å². The smallest absolute Gasteiger partial charge is 0.251 e. The highest BCUT2D eigenvalue weighted by Gasteiger charge is 2.26. The van der Waals surface area contributed by atoms with Gasteiger partial charge in [-0.15, -0.1) is 0 Å². The number of nitriles is 1. The molecule has 1 unspecified atom stereocenters. The van der Waals surface area contributed by atoms with Gasteiger partial charge in [0.15, 0.2) is 0 Å². The van der Waals surface area contributed by atoms with Crippen molar-refractivity contribution in [2.45, 2.75) is 39.2 Å². The van der Waals surface area contributed by atoms with E-state index in [4.69, 9.17) is 5.26 Å². The predicted molar refractivity (Wildman–Crippen MR) is 105 cm³/mol. The summed E-state index contributed by atoms with van der Waals surface area (Å²) in [6, 6.07) is 10.4. The Hall–Kier alpha value is -2.65. The van der Waals surface area contributed by atoms with Gasteiger partial charge in [0.25, 0.3) is 5.56 Å². The van der Waals surface area contributed by atoms with Gasteiger partial charge >= 0.3 is 0 Å². The molecule has 1 amide bonds. The quantitative estimate of drug-likeness (QED) is 0.882. The minimum absolute atomic E-state index is 0.0141. The molecule has 1 aromatic heterocycles. The second kappa shape index (κ2) is 8.36. The summed E-state index contributed by atoms with van der Waals surface area (Å²) >= 11 is 0. The summed E-state index contributed by atoms with van der Waals surface area (Å²) in [5.74, 6) is -0.0831. The number of aryl methyl sites for hydroxylation is 1. The molecule has 1 aliphatic rings. The van der Waals surface area contributed by atoms with Crippen LogP contribution in [0.3, 0.4) is 0 Å². The number of hydrogen-bond donors (Lipinski definition) is 1. The molecule has 1 aliphatic heterocycles. The fraction of sp³-hybridized carbons (Fsp3) is 0.476. The van der Waals surface area contributed by atoms with E-state index in [1.807, 2.05) is 19.1 Å². The molecule has 1 fully saturated rings. The maximum atomic E-state index is 12.1. The first-order chi connectivity index (χ1) is 13.1. The van der Waals surface area contributed by atoms with Crippen LogP contribution >= 0.6 is 0 Å². The average molecular weight is 366 g/mol. The molecule has 3 rings (SSSR count). The second-order valence-corrected chi connectivity index (χ2v) is 7.00. The SMILES string of the molecule is CCc1cc2ccc(C(CC)N3CCN(C(=O)CC#N)CC3)cc2[nH]c1=O. The number of aromatic amines is 1. The lowest BCUT2D eigenvalue weighted by Crippen LogP contribution is -2.49. The van der Waals surface area contributed by atoms with Crippen molar-refractivity contribution in [2.24, 2.45) is 0 Å². The molecule has 6 heteroatoms. The minimum Gasteiger partial charge on any atom is -0.339 e. The highest BCUT2D eigenvalue weighted by Crippen LogP contribution is 2.27. The van der Waals surface area contributed by atoms with E-state index < -0.39 is 0 Å². The van der Waals surface area contributed by atoms with Crippen LogP contribution in [-0.4, -0.2) is 46.9 Å².